The van der Waals surface area contributed by atoms with Gasteiger partial charge in [-0.3, -0.25) is 20.9 Å². The van der Waals surface area contributed by atoms with E-state index < -0.39 is 0 Å². The fraction of sp³-hybridized carbons (Fsp3) is 0.417. The van der Waals surface area contributed by atoms with Crippen LogP contribution in [-0.4, -0.2) is 41.6 Å². The molecule has 0 radical (unpaired) electrons. The van der Waals surface area contributed by atoms with Crippen LogP contribution >= 0.6 is 0 Å². The first-order valence-corrected chi connectivity index (χ1v) is 5.65. The van der Waals surface area contributed by atoms with E-state index in [1.54, 1.807) is 0 Å². The van der Waals surface area contributed by atoms with Crippen molar-refractivity contribution >= 4 is 5.96 Å². The summed E-state index contributed by atoms with van der Waals surface area (Å²) in [5.41, 5.74) is 12.5. The predicted molar refractivity (Wildman–Crippen MR) is 65.1 cm³/mol. The van der Waals surface area contributed by atoms with Crippen molar-refractivity contribution in [2.24, 2.45) is 11.5 Å². The highest BCUT2D eigenvalue weighted by atomic mass is 15.2. The molecule has 4 nitrogen and oxygen atoms in total. The Morgan fingerprint density at radius 3 is 2.31 bits per heavy atom. The van der Waals surface area contributed by atoms with Crippen LogP contribution in [0, 0.1) is 0 Å². The molecule has 0 aromatic heterocycles. The fourth-order valence-corrected chi connectivity index (χ4v) is 2.01. The Bertz CT molecular complexity index is 358. The number of benzene rings is 1. The number of guanidine groups is 1. The van der Waals surface area contributed by atoms with Gasteiger partial charge in [0, 0.05) is 19.6 Å². The van der Waals surface area contributed by atoms with Crippen molar-refractivity contribution in [1.29, 1.82) is 0 Å². The number of nitrogens with two attached hydrogens (primary N) is 2. The first-order valence-electron chi connectivity index (χ1n) is 5.65. The van der Waals surface area contributed by atoms with Crippen LogP contribution in [0.4, 0.5) is 0 Å². The van der Waals surface area contributed by atoms with Gasteiger partial charge in [-0.1, -0.05) is 30.3 Å². The predicted octanol–water partition coefficient (Wildman–Crippen LogP) is -0.212. The Morgan fingerprint density at radius 1 is 1.12 bits per heavy atom. The van der Waals surface area contributed by atoms with Gasteiger partial charge in [0.15, 0.2) is 0 Å². The Labute approximate surface area is 96.2 Å². The zero-order chi connectivity index (χ0) is 11.4. The van der Waals surface area contributed by atoms with Crippen molar-refractivity contribution < 1.29 is 4.58 Å². The maximum Gasteiger partial charge on any atom is 0.341 e. The molecule has 1 aliphatic rings. The molecule has 0 saturated carbocycles. The van der Waals surface area contributed by atoms with Crippen LogP contribution in [0.15, 0.2) is 30.3 Å². The van der Waals surface area contributed by atoms with Crippen molar-refractivity contribution in [3.05, 3.63) is 35.9 Å². The molecule has 1 heterocycles. The van der Waals surface area contributed by atoms with E-state index in [0.29, 0.717) is 5.96 Å². The summed E-state index contributed by atoms with van der Waals surface area (Å²) in [6, 6.07) is 10.5. The van der Waals surface area contributed by atoms with Crippen LogP contribution < -0.4 is 11.5 Å². The smallest absolute Gasteiger partial charge is 0.293 e. The topological polar surface area (TPSA) is 58.3 Å². The second-order valence-corrected chi connectivity index (χ2v) is 4.17. The summed E-state index contributed by atoms with van der Waals surface area (Å²) in [6.07, 6.45) is 0. The third-order valence-electron chi connectivity index (χ3n) is 2.99. The van der Waals surface area contributed by atoms with E-state index in [2.05, 4.69) is 29.2 Å². The molecular weight excluding hydrogens is 200 g/mol. The zero-order valence-electron chi connectivity index (χ0n) is 9.47. The van der Waals surface area contributed by atoms with Crippen LogP contribution in [0.1, 0.15) is 5.56 Å². The second-order valence-electron chi connectivity index (χ2n) is 4.17. The summed E-state index contributed by atoms with van der Waals surface area (Å²) < 4.78 is 2.03. The van der Waals surface area contributed by atoms with Crippen molar-refractivity contribution in [3.8, 4) is 0 Å². The first kappa shape index (κ1) is 11.0. The van der Waals surface area contributed by atoms with Crippen molar-refractivity contribution in [1.82, 2.24) is 4.90 Å². The molecule has 4 N–H and O–H groups in total. The minimum atomic E-state index is 0.444. The van der Waals surface area contributed by atoms with Gasteiger partial charge in [0.05, 0.1) is 13.1 Å². The number of nitrogens with zero attached hydrogens (tertiary/aromatic N) is 2. The monoisotopic (exact) mass is 219 g/mol. The van der Waals surface area contributed by atoms with E-state index in [1.807, 2.05) is 10.6 Å². The summed E-state index contributed by atoms with van der Waals surface area (Å²) in [7, 11) is 0. The van der Waals surface area contributed by atoms with Gasteiger partial charge in [-0.25, -0.2) is 0 Å². The lowest BCUT2D eigenvalue weighted by Gasteiger charge is -2.27. The van der Waals surface area contributed by atoms with E-state index in [1.165, 1.54) is 5.56 Å². The molecule has 4 heteroatoms. The number of piperazine rings is 1. The van der Waals surface area contributed by atoms with E-state index in [-0.39, 0.29) is 0 Å². The first-order chi connectivity index (χ1) is 7.75. The van der Waals surface area contributed by atoms with Gasteiger partial charge in [0.1, 0.15) is 0 Å². The van der Waals surface area contributed by atoms with Crippen LogP contribution in [0.3, 0.4) is 0 Å². The standard InChI is InChI=1S/C12H18N4/c13-12(14)16-8-6-15(7-9-16)10-11-4-2-1-3-5-11/h1-5H,6-10H2,(H3,13,14)/p+1. The van der Waals surface area contributed by atoms with Crippen LogP contribution in [0.2, 0.25) is 0 Å². The minimum Gasteiger partial charge on any atom is -0.293 e. The lowest BCUT2D eigenvalue weighted by Crippen LogP contribution is -2.47. The lowest BCUT2D eigenvalue weighted by atomic mass is 10.2. The van der Waals surface area contributed by atoms with Gasteiger partial charge < -0.3 is 0 Å². The molecule has 1 aromatic carbocycles. The minimum absolute atomic E-state index is 0.444. The van der Waals surface area contributed by atoms with Gasteiger partial charge in [-0.15, -0.1) is 0 Å². The van der Waals surface area contributed by atoms with E-state index >= 15 is 0 Å². The third kappa shape index (κ3) is 2.73. The molecule has 1 saturated heterocycles. The number of rotatable bonds is 2. The molecule has 0 atom stereocenters. The van der Waals surface area contributed by atoms with Crippen LogP contribution in [0.25, 0.3) is 0 Å². The Kier molecular flexibility index (Phi) is 3.41. The van der Waals surface area contributed by atoms with Gasteiger partial charge in [-0.2, -0.15) is 0 Å². The molecule has 1 aliphatic heterocycles. The fourth-order valence-electron chi connectivity index (χ4n) is 2.01. The summed E-state index contributed by atoms with van der Waals surface area (Å²) in [5.74, 6) is 0.444. The molecule has 16 heavy (non-hydrogen) atoms. The molecule has 2 rings (SSSR count). The summed E-state index contributed by atoms with van der Waals surface area (Å²) in [4.78, 5) is 2.43. The normalized spacial score (nSPS) is 17.4. The molecule has 0 spiro atoms. The molecule has 1 fully saturated rings. The van der Waals surface area contributed by atoms with Gasteiger partial charge in [0.2, 0.25) is 0 Å². The van der Waals surface area contributed by atoms with Gasteiger partial charge in [0.25, 0.3) is 0 Å². The highest BCUT2D eigenvalue weighted by molar-refractivity contribution is 5.70. The third-order valence-corrected chi connectivity index (χ3v) is 2.99. The SMILES string of the molecule is NC(N)=[N+]1CCN(Cc2ccccc2)CC1. The van der Waals surface area contributed by atoms with Crippen LogP contribution in [-0.2, 0) is 6.54 Å². The number of hydrogen-bond donors (Lipinski definition) is 2. The quantitative estimate of drug-likeness (QED) is 0.534. The van der Waals surface area contributed by atoms with Gasteiger partial charge in [-0.05, 0) is 5.56 Å². The van der Waals surface area contributed by atoms with E-state index in [0.717, 1.165) is 32.7 Å². The average molecular weight is 219 g/mol. The molecule has 0 bridgehead atoms. The van der Waals surface area contributed by atoms with Crippen LogP contribution in [0.5, 0.6) is 0 Å². The molecule has 0 aliphatic carbocycles. The van der Waals surface area contributed by atoms with Crippen molar-refractivity contribution in [2.45, 2.75) is 6.54 Å². The lowest BCUT2D eigenvalue weighted by molar-refractivity contribution is -0.541. The maximum absolute atomic E-state index is 5.57. The van der Waals surface area contributed by atoms with Gasteiger partial charge >= 0.3 is 5.96 Å². The number of hydrogen-bond acceptors (Lipinski definition) is 1. The molecule has 86 valence electrons. The highest BCUT2D eigenvalue weighted by Crippen LogP contribution is 2.06. The summed E-state index contributed by atoms with van der Waals surface area (Å²) >= 11 is 0. The highest BCUT2D eigenvalue weighted by Gasteiger charge is 2.16. The second kappa shape index (κ2) is 4.99. The maximum atomic E-state index is 5.57. The molecule has 1 aromatic rings. The van der Waals surface area contributed by atoms with E-state index in [9.17, 15) is 0 Å². The Hall–Kier alpha value is -1.55. The van der Waals surface area contributed by atoms with Crippen molar-refractivity contribution in [3.63, 3.8) is 0 Å². The Morgan fingerprint density at radius 2 is 1.75 bits per heavy atom. The summed E-state index contributed by atoms with van der Waals surface area (Å²) in [5, 5.41) is 0. The molecule has 0 amide bonds. The molecular formula is C12H19N4+. The average Bonchev–Trinajstić information content (AvgIpc) is 2.31. The largest absolute Gasteiger partial charge is 0.341 e. The summed E-state index contributed by atoms with van der Waals surface area (Å²) in [6.45, 7) is 4.91. The van der Waals surface area contributed by atoms with Crippen molar-refractivity contribution in [2.75, 3.05) is 26.2 Å². The molecule has 0 unspecified atom stereocenters. The zero-order valence-corrected chi connectivity index (χ0v) is 9.47. The van der Waals surface area contributed by atoms with E-state index in [4.69, 9.17) is 11.5 Å². The Balaban J connectivity index is 1.89.